The van der Waals surface area contributed by atoms with E-state index in [4.69, 9.17) is 23.2 Å². The summed E-state index contributed by atoms with van der Waals surface area (Å²) in [5.41, 5.74) is 2.67. The van der Waals surface area contributed by atoms with Crippen molar-refractivity contribution < 1.29 is 9.59 Å². The smallest absolute Gasteiger partial charge is 0.242 e. The summed E-state index contributed by atoms with van der Waals surface area (Å²) in [4.78, 5) is 27.9. The van der Waals surface area contributed by atoms with Crippen LogP contribution in [-0.4, -0.2) is 29.8 Å². The van der Waals surface area contributed by atoms with E-state index < -0.39 is 6.04 Å². The first-order valence-electron chi connectivity index (χ1n) is 10.00. The molecule has 3 aromatic carbocycles. The van der Waals surface area contributed by atoms with Crippen LogP contribution in [0.3, 0.4) is 0 Å². The van der Waals surface area contributed by atoms with Crippen molar-refractivity contribution in [1.29, 1.82) is 0 Å². The molecule has 0 aliphatic heterocycles. The van der Waals surface area contributed by atoms with Crippen molar-refractivity contribution in [1.82, 2.24) is 10.2 Å². The van der Waals surface area contributed by atoms with Gasteiger partial charge >= 0.3 is 0 Å². The molecular weight excluding hydrogens is 431 g/mol. The predicted molar refractivity (Wildman–Crippen MR) is 125 cm³/mol. The third-order valence-corrected chi connectivity index (χ3v) is 5.52. The first-order chi connectivity index (χ1) is 15.0. The van der Waals surface area contributed by atoms with E-state index in [1.165, 1.54) is 0 Å². The fraction of sp³-hybridized carbons (Fsp3) is 0.200. The zero-order valence-corrected chi connectivity index (χ0v) is 18.7. The second-order valence-corrected chi connectivity index (χ2v) is 8.15. The molecule has 0 aliphatic rings. The molecule has 3 rings (SSSR count). The molecule has 0 radical (unpaired) electrons. The van der Waals surface area contributed by atoms with Crippen LogP contribution in [-0.2, 0) is 29.0 Å². The molecule has 0 aromatic heterocycles. The van der Waals surface area contributed by atoms with E-state index in [1.54, 1.807) is 30.1 Å². The minimum atomic E-state index is -0.661. The highest BCUT2D eigenvalue weighted by Gasteiger charge is 2.29. The topological polar surface area (TPSA) is 49.4 Å². The van der Waals surface area contributed by atoms with E-state index in [1.807, 2.05) is 60.7 Å². The van der Waals surface area contributed by atoms with Gasteiger partial charge in [-0.25, -0.2) is 0 Å². The SMILES string of the molecule is CNC(=O)[C@@H](Cc1ccccc1)N(Cc1cccc(Cl)c1)C(=O)Cc1ccc(Cl)cc1. The molecule has 6 heteroatoms. The van der Waals surface area contributed by atoms with Crippen LogP contribution in [0.5, 0.6) is 0 Å². The monoisotopic (exact) mass is 454 g/mol. The van der Waals surface area contributed by atoms with Crippen molar-refractivity contribution in [3.8, 4) is 0 Å². The second kappa shape index (κ2) is 11.0. The first-order valence-corrected chi connectivity index (χ1v) is 10.8. The predicted octanol–water partition coefficient (Wildman–Crippen LogP) is 4.92. The largest absolute Gasteiger partial charge is 0.357 e. The van der Waals surface area contributed by atoms with Crippen molar-refractivity contribution in [2.45, 2.75) is 25.4 Å². The molecule has 2 amide bonds. The van der Waals surface area contributed by atoms with Gasteiger partial charge in [0.15, 0.2) is 0 Å². The lowest BCUT2D eigenvalue weighted by Crippen LogP contribution is -2.50. The van der Waals surface area contributed by atoms with E-state index in [-0.39, 0.29) is 24.8 Å². The standard InChI is InChI=1S/C25H24Cl2N2O2/c1-28-25(31)23(15-18-6-3-2-4-7-18)29(17-20-8-5-9-22(27)14-20)24(30)16-19-10-12-21(26)13-11-19/h2-14,23H,15-17H2,1H3,(H,28,31)/t23-/m1/s1. The number of hydrogen-bond acceptors (Lipinski definition) is 2. The molecule has 1 atom stereocenters. The lowest BCUT2D eigenvalue weighted by Gasteiger charge is -2.31. The number of amides is 2. The van der Waals surface area contributed by atoms with Gasteiger partial charge in [-0.05, 0) is 41.0 Å². The molecule has 4 nitrogen and oxygen atoms in total. The number of hydrogen-bond donors (Lipinski definition) is 1. The van der Waals surface area contributed by atoms with Crippen molar-refractivity contribution in [3.05, 3.63) is 106 Å². The fourth-order valence-corrected chi connectivity index (χ4v) is 3.77. The molecule has 3 aromatic rings. The van der Waals surface area contributed by atoms with Gasteiger partial charge in [0.25, 0.3) is 0 Å². The van der Waals surface area contributed by atoms with Gasteiger partial charge in [0.05, 0.1) is 6.42 Å². The Morgan fingerprint density at radius 3 is 2.16 bits per heavy atom. The highest BCUT2D eigenvalue weighted by Crippen LogP contribution is 2.19. The highest BCUT2D eigenvalue weighted by atomic mass is 35.5. The number of nitrogens with one attached hydrogen (secondary N) is 1. The van der Waals surface area contributed by atoms with Crippen molar-refractivity contribution in [2.24, 2.45) is 0 Å². The van der Waals surface area contributed by atoms with Crippen molar-refractivity contribution >= 4 is 35.0 Å². The number of halogens is 2. The Balaban J connectivity index is 1.93. The van der Waals surface area contributed by atoms with Crippen LogP contribution < -0.4 is 5.32 Å². The average molecular weight is 455 g/mol. The molecule has 0 spiro atoms. The summed E-state index contributed by atoms with van der Waals surface area (Å²) in [5, 5.41) is 3.91. The molecule has 0 unspecified atom stereocenters. The van der Waals surface area contributed by atoms with Crippen LogP contribution >= 0.6 is 23.2 Å². The highest BCUT2D eigenvalue weighted by molar-refractivity contribution is 6.30. The summed E-state index contributed by atoms with van der Waals surface area (Å²) in [6, 6.07) is 23.5. The molecular formula is C25H24Cl2N2O2. The van der Waals surface area contributed by atoms with Crippen LogP contribution in [0.2, 0.25) is 10.0 Å². The van der Waals surface area contributed by atoms with E-state index in [0.29, 0.717) is 16.5 Å². The van der Waals surface area contributed by atoms with Gasteiger partial charge in [-0.1, -0.05) is 77.8 Å². The zero-order valence-electron chi connectivity index (χ0n) is 17.2. The Morgan fingerprint density at radius 1 is 0.839 bits per heavy atom. The number of likely N-dealkylation sites (N-methyl/N-ethyl adjacent to an activating group) is 1. The van der Waals surface area contributed by atoms with E-state index in [0.717, 1.165) is 16.7 Å². The summed E-state index contributed by atoms with van der Waals surface area (Å²) in [6.45, 7) is 0.276. The maximum absolute atomic E-state index is 13.4. The molecule has 0 heterocycles. The minimum absolute atomic E-state index is 0.146. The van der Waals surface area contributed by atoms with Crippen molar-refractivity contribution in [3.63, 3.8) is 0 Å². The maximum Gasteiger partial charge on any atom is 0.242 e. The van der Waals surface area contributed by atoms with Crippen LogP contribution in [0, 0.1) is 0 Å². The Morgan fingerprint density at radius 2 is 1.52 bits per heavy atom. The summed E-state index contributed by atoms with van der Waals surface area (Å²) >= 11 is 12.1. The fourth-order valence-electron chi connectivity index (χ4n) is 3.43. The second-order valence-electron chi connectivity index (χ2n) is 7.27. The molecule has 1 N–H and O–H groups in total. The van der Waals surface area contributed by atoms with Crippen LogP contribution in [0.15, 0.2) is 78.9 Å². The summed E-state index contributed by atoms with van der Waals surface area (Å²) < 4.78 is 0. The zero-order chi connectivity index (χ0) is 22.2. The van der Waals surface area contributed by atoms with E-state index in [9.17, 15) is 9.59 Å². The Hall–Kier alpha value is -2.82. The van der Waals surface area contributed by atoms with Gasteiger partial charge in [-0.15, -0.1) is 0 Å². The van der Waals surface area contributed by atoms with Gasteiger partial charge in [0, 0.05) is 30.1 Å². The lowest BCUT2D eigenvalue weighted by atomic mass is 10.0. The third-order valence-electron chi connectivity index (χ3n) is 5.03. The van der Waals surface area contributed by atoms with Gasteiger partial charge in [0.1, 0.15) is 6.04 Å². The summed E-state index contributed by atoms with van der Waals surface area (Å²) in [6.07, 6.45) is 0.577. The van der Waals surface area contributed by atoms with Gasteiger partial charge < -0.3 is 10.2 Å². The normalized spacial score (nSPS) is 11.6. The van der Waals surface area contributed by atoms with Crippen molar-refractivity contribution in [2.75, 3.05) is 7.05 Å². The molecule has 31 heavy (non-hydrogen) atoms. The van der Waals surface area contributed by atoms with Gasteiger partial charge in [-0.2, -0.15) is 0 Å². The Kier molecular flexibility index (Phi) is 8.10. The summed E-state index contributed by atoms with van der Waals surface area (Å²) in [5.74, 6) is -0.359. The van der Waals surface area contributed by atoms with Crippen LogP contribution in [0.1, 0.15) is 16.7 Å². The van der Waals surface area contributed by atoms with E-state index in [2.05, 4.69) is 5.32 Å². The van der Waals surface area contributed by atoms with Gasteiger partial charge in [-0.3, -0.25) is 9.59 Å². The molecule has 160 valence electrons. The molecule has 0 fully saturated rings. The van der Waals surface area contributed by atoms with Gasteiger partial charge in [0.2, 0.25) is 11.8 Å². The minimum Gasteiger partial charge on any atom is -0.357 e. The molecule has 0 saturated carbocycles. The number of carbonyl (C=O) groups excluding carboxylic acids is 2. The van der Waals surface area contributed by atoms with Crippen LogP contribution in [0.4, 0.5) is 0 Å². The quantitative estimate of drug-likeness (QED) is 0.524. The first kappa shape index (κ1) is 22.9. The number of benzene rings is 3. The Labute approximate surface area is 192 Å². The molecule has 0 aliphatic carbocycles. The number of nitrogens with zero attached hydrogens (tertiary/aromatic N) is 1. The molecule has 0 bridgehead atoms. The number of rotatable bonds is 8. The van der Waals surface area contributed by atoms with E-state index >= 15 is 0 Å². The average Bonchev–Trinajstić information content (AvgIpc) is 2.78. The summed E-state index contributed by atoms with van der Waals surface area (Å²) in [7, 11) is 1.58. The maximum atomic E-state index is 13.4. The number of carbonyl (C=O) groups is 2. The Bertz CT molecular complexity index is 1020. The lowest BCUT2D eigenvalue weighted by molar-refractivity contribution is -0.140. The molecule has 0 saturated heterocycles. The third kappa shape index (κ3) is 6.58. The van der Waals surface area contributed by atoms with Crippen LogP contribution in [0.25, 0.3) is 0 Å².